The molecule has 1 aliphatic rings. The van der Waals surface area contributed by atoms with E-state index in [2.05, 4.69) is 37.3 Å². The lowest BCUT2D eigenvalue weighted by Gasteiger charge is -2.23. The summed E-state index contributed by atoms with van der Waals surface area (Å²) in [6, 6.07) is 10.6. The predicted octanol–water partition coefficient (Wildman–Crippen LogP) is 6.69. The summed E-state index contributed by atoms with van der Waals surface area (Å²) in [5.74, 6) is 0.251. The molecule has 4 aromatic rings. The second-order valence-electron chi connectivity index (χ2n) is 8.05. The Balaban J connectivity index is 1.24. The summed E-state index contributed by atoms with van der Waals surface area (Å²) >= 11 is 5.98. The maximum Gasteiger partial charge on any atom is 0.387 e. The van der Waals surface area contributed by atoms with Crippen molar-refractivity contribution in [3.8, 4) is 5.75 Å². The fraction of sp³-hybridized carbons (Fsp3) is 0.240. The lowest BCUT2D eigenvalue weighted by Crippen LogP contribution is -2.18. The zero-order valence-electron chi connectivity index (χ0n) is 18.6. The van der Waals surface area contributed by atoms with E-state index in [1.165, 1.54) is 12.1 Å². The molecule has 2 aromatic carbocycles. The summed E-state index contributed by atoms with van der Waals surface area (Å²) in [5, 5.41) is 8.63. The van der Waals surface area contributed by atoms with Gasteiger partial charge in [0.1, 0.15) is 5.75 Å². The second kappa shape index (κ2) is 10.4. The van der Waals surface area contributed by atoms with Crippen molar-refractivity contribution in [1.29, 1.82) is 0 Å². The van der Waals surface area contributed by atoms with Gasteiger partial charge in [0.15, 0.2) is 6.23 Å². The van der Waals surface area contributed by atoms with Gasteiger partial charge < -0.3 is 14.8 Å². The predicted molar refractivity (Wildman–Crippen MR) is 131 cm³/mol. The first-order valence-electron chi connectivity index (χ1n) is 11.2. The van der Waals surface area contributed by atoms with Gasteiger partial charge in [0, 0.05) is 35.6 Å². The fourth-order valence-electron chi connectivity index (χ4n) is 3.90. The van der Waals surface area contributed by atoms with Gasteiger partial charge in [-0.05, 0) is 55.2 Å². The van der Waals surface area contributed by atoms with Crippen molar-refractivity contribution < 1.29 is 18.3 Å². The van der Waals surface area contributed by atoms with Crippen LogP contribution in [-0.2, 0) is 4.74 Å². The monoisotopic (exact) mass is 497 g/mol. The van der Waals surface area contributed by atoms with E-state index in [4.69, 9.17) is 16.3 Å². The Labute approximate surface area is 205 Å². The van der Waals surface area contributed by atoms with Crippen LogP contribution in [-0.4, -0.2) is 33.0 Å². The number of fused-ring (bicyclic) bond motifs is 1. The number of anilines is 2. The van der Waals surface area contributed by atoms with Crippen molar-refractivity contribution in [1.82, 2.24) is 19.7 Å². The highest BCUT2D eigenvalue weighted by Gasteiger charge is 2.18. The molecule has 0 bridgehead atoms. The van der Waals surface area contributed by atoms with Crippen LogP contribution >= 0.6 is 11.6 Å². The number of halogens is 3. The highest BCUT2D eigenvalue weighted by atomic mass is 35.5. The molecule has 180 valence electrons. The number of nitrogens with zero attached hydrogens (tertiary/aromatic N) is 4. The molecule has 1 atom stereocenters. The molecule has 0 aliphatic carbocycles. The van der Waals surface area contributed by atoms with Crippen molar-refractivity contribution in [2.24, 2.45) is 0 Å². The molecule has 1 saturated heterocycles. The minimum atomic E-state index is -2.94. The maximum absolute atomic E-state index is 12.4. The van der Waals surface area contributed by atoms with E-state index in [-0.39, 0.29) is 17.0 Å². The SMILES string of the molecule is FC(F)Oc1ccc(Nc2ncc(C=Cc3ccc4c(cnn4C4CCCCO4)c3)cn2)cc1Cl. The van der Waals surface area contributed by atoms with Gasteiger partial charge in [0.05, 0.1) is 16.7 Å². The molecule has 0 spiro atoms. The van der Waals surface area contributed by atoms with Crippen molar-refractivity contribution in [3.05, 3.63) is 71.1 Å². The minimum absolute atomic E-state index is 0.00634. The summed E-state index contributed by atoms with van der Waals surface area (Å²) in [5.41, 5.74) is 3.46. The van der Waals surface area contributed by atoms with Gasteiger partial charge in [-0.25, -0.2) is 14.6 Å². The Morgan fingerprint density at radius 3 is 2.63 bits per heavy atom. The van der Waals surface area contributed by atoms with Crippen LogP contribution in [0.5, 0.6) is 5.75 Å². The van der Waals surface area contributed by atoms with Crippen LogP contribution in [0.4, 0.5) is 20.4 Å². The van der Waals surface area contributed by atoms with Gasteiger partial charge in [-0.2, -0.15) is 13.9 Å². The summed E-state index contributed by atoms with van der Waals surface area (Å²) in [6.45, 7) is -2.16. The van der Waals surface area contributed by atoms with E-state index in [9.17, 15) is 8.78 Å². The van der Waals surface area contributed by atoms with Gasteiger partial charge >= 0.3 is 6.61 Å². The molecule has 1 N–H and O–H groups in total. The molecule has 3 heterocycles. The van der Waals surface area contributed by atoms with E-state index < -0.39 is 6.61 Å². The zero-order valence-corrected chi connectivity index (χ0v) is 19.3. The largest absolute Gasteiger partial charge is 0.433 e. The Kier molecular flexibility index (Phi) is 6.87. The van der Waals surface area contributed by atoms with Crippen LogP contribution in [0.15, 0.2) is 55.0 Å². The molecule has 0 amide bonds. The quantitative estimate of drug-likeness (QED) is 0.306. The number of benzene rings is 2. The van der Waals surface area contributed by atoms with Crippen LogP contribution in [0.25, 0.3) is 23.1 Å². The minimum Gasteiger partial charge on any atom is -0.433 e. The maximum atomic E-state index is 12.4. The topological polar surface area (TPSA) is 74.1 Å². The average Bonchev–Trinajstić information content (AvgIpc) is 3.29. The van der Waals surface area contributed by atoms with Crippen LogP contribution < -0.4 is 10.1 Å². The van der Waals surface area contributed by atoms with Crippen molar-refractivity contribution >= 4 is 46.3 Å². The molecule has 10 heteroatoms. The molecular weight excluding hydrogens is 476 g/mol. The summed E-state index contributed by atoms with van der Waals surface area (Å²) in [7, 11) is 0. The highest BCUT2D eigenvalue weighted by molar-refractivity contribution is 6.32. The van der Waals surface area contributed by atoms with E-state index in [1.807, 2.05) is 29.1 Å². The van der Waals surface area contributed by atoms with Crippen LogP contribution in [0.3, 0.4) is 0 Å². The molecule has 1 unspecified atom stereocenters. The normalized spacial score (nSPS) is 16.3. The third-order valence-corrected chi connectivity index (χ3v) is 5.89. The van der Waals surface area contributed by atoms with Crippen molar-refractivity contribution in [3.63, 3.8) is 0 Å². The number of ether oxygens (including phenoxy) is 2. The third-order valence-electron chi connectivity index (χ3n) is 5.59. The number of hydrogen-bond acceptors (Lipinski definition) is 6. The fourth-order valence-corrected chi connectivity index (χ4v) is 4.13. The summed E-state index contributed by atoms with van der Waals surface area (Å²) < 4.78 is 36.9. The molecule has 0 radical (unpaired) electrons. The molecule has 35 heavy (non-hydrogen) atoms. The average molecular weight is 498 g/mol. The van der Waals surface area contributed by atoms with E-state index in [1.54, 1.807) is 18.5 Å². The number of rotatable bonds is 7. The summed E-state index contributed by atoms with van der Waals surface area (Å²) in [6.07, 6.45) is 12.4. The van der Waals surface area contributed by atoms with E-state index in [0.29, 0.717) is 11.6 Å². The molecule has 0 saturated carbocycles. The van der Waals surface area contributed by atoms with Crippen LogP contribution in [0.1, 0.15) is 36.6 Å². The van der Waals surface area contributed by atoms with Crippen LogP contribution in [0, 0.1) is 0 Å². The Hall–Kier alpha value is -3.56. The Morgan fingerprint density at radius 2 is 1.89 bits per heavy atom. The lowest BCUT2D eigenvalue weighted by atomic mass is 10.1. The highest BCUT2D eigenvalue weighted by Crippen LogP contribution is 2.30. The van der Waals surface area contributed by atoms with Gasteiger partial charge in [0.25, 0.3) is 0 Å². The first-order chi connectivity index (χ1) is 17.0. The van der Waals surface area contributed by atoms with E-state index in [0.717, 1.165) is 47.9 Å². The standard InChI is InChI=1S/C25H22ClF2N5O2/c26-20-12-19(7-9-22(20)35-24(27)28)32-25-29-13-17(14-30-25)5-4-16-6-8-21-18(11-16)15-31-33(21)23-3-1-2-10-34-23/h4-9,11-15,23-24H,1-3,10H2,(H,29,30,32). The van der Waals surface area contributed by atoms with Crippen molar-refractivity contribution in [2.45, 2.75) is 32.1 Å². The molecule has 1 fully saturated rings. The lowest BCUT2D eigenvalue weighted by molar-refractivity contribution is -0.0497. The van der Waals surface area contributed by atoms with Gasteiger partial charge in [-0.3, -0.25) is 0 Å². The molecule has 1 aliphatic heterocycles. The van der Waals surface area contributed by atoms with E-state index >= 15 is 0 Å². The zero-order chi connectivity index (χ0) is 24.2. The van der Waals surface area contributed by atoms with Gasteiger partial charge in [-0.1, -0.05) is 29.8 Å². The smallest absolute Gasteiger partial charge is 0.387 e. The second-order valence-corrected chi connectivity index (χ2v) is 8.46. The third kappa shape index (κ3) is 5.58. The van der Waals surface area contributed by atoms with Crippen LogP contribution in [0.2, 0.25) is 5.02 Å². The van der Waals surface area contributed by atoms with Gasteiger partial charge in [0.2, 0.25) is 5.95 Å². The number of alkyl halides is 2. The first kappa shape index (κ1) is 23.2. The number of aromatic nitrogens is 4. The van der Waals surface area contributed by atoms with Gasteiger partial charge in [-0.15, -0.1) is 0 Å². The number of hydrogen-bond donors (Lipinski definition) is 1. The summed E-state index contributed by atoms with van der Waals surface area (Å²) in [4.78, 5) is 8.59. The molecule has 2 aromatic heterocycles. The Bertz CT molecular complexity index is 1340. The Morgan fingerprint density at radius 1 is 1.06 bits per heavy atom. The first-order valence-corrected chi connectivity index (χ1v) is 11.5. The van der Waals surface area contributed by atoms with Crippen molar-refractivity contribution in [2.75, 3.05) is 11.9 Å². The molecule has 7 nitrogen and oxygen atoms in total. The number of nitrogens with one attached hydrogen (secondary N) is 1. The molecule has 5 rings (SSSR count). The molecular formula is C25H22ClF2N5O2.